The Morgan fingerprint density at radius 2 is 0.931 bits per heavy atom. The van der Waals surface area contributed by atoms with Crippen LogP contribution in [-0.2, 0) is 0 Å². The quantitative estimate of drug-likeness (QED) is 0.157. The van der Waals surface area contributed by atoms with E-state index in [9.17, 15) is 10.2 Å². The van der Waals surface area contributed by atoms with E-state index in [2.05, 4.69) is 12.8 Å². The molecule has 3 nitrogen and oxygen atoms in total. The van der Waals surface area contributed by atoms with Crippen LogP contribution in [0.2, 0.25) is 0 Å². The van der Waals surface area contributed by atoms with Crippen LogP contribution in [-0.4, -0.2) is 54.1 Å². The topological polar surface area (TPSA) is 40.5 Å². The summed E-state index contributed by atoms with van der Waals surface area (Å²) >= 11 is 0. The molecule has 0 aliphatic carbocycles. The Bertz CT molecular complexity index is 351. The highest BCUT2D eigenvalue weighted by molar-refractivity contribution is 4.83. The van der Waals surface area contributed by atoms with E-state index in [-0.39, 0.29) is 25.6 Å². The van der Waals surface area contributed by atoms with Gasteiger partial charge < -0.3 is 27.1 Å². The first-order valence-electron chi connectivity index (χ1n) is 12.2. The third kappa shape index (κ3) is 19.4. The van der Waals surface area contributed by atoms with Crippen molar-refractivity contribution in [2.75, 3.05) is 39.4 Å². The molecule has 2 N–H and O–H groups in total. The minimum atomic E-state index is 0. The lowest BCUT2D eigenvalue weighted by molar-refractivity contribution is -0.922. The summed E-state index contributed by atoms with van der Waals surface area (Å²) in [7, 11) is 0. The van der Waals surface area contributed by atoms with Crippen molar-refractivity contribution in [2.24, 2.45) is 0 Å². The monoisotopic (exact) mass is 431 g/mol. The molecule has 0 atom stereocenters. The van der Waals surface area contributed by atoms with Crippen LogP contribution in [0.15, 0.2) is 0 Å². The number of quaternary nitrogens is 1. The zero-order valence-electron chi connectivity index (χ0n) is 19.4. The molecule has 0 bridgehead atoms. The average Bonchev–Trinajstić information content (AvgIpc) is 2.68. The maximum Gasteiger partial charge on any atom is 0.140 e. The number of hydrogen-bond donors (Lipinski definition) is 2. The largest absolute Gasteiger partial charge is 1.00 e. The molecule has 174 valence electrons. The Morgan fingerprint density at radius 1 is 0.586 bits per heavy atom. The summed E-state index contributed by atoms with van der Waals surface area (Å²) in [5.41, 5.74) is 0. The van der Waals surface area contributed by atoms with Crippen molar-refractivity contribution in [1.29, 1.82) is 0 Å². The predicted octanol–water partition coefficient (Wildman–Crippen LogP) is 2.69. The summed E-state index contributed by atoms with van der Waals surface area (Å²) in [5.74, 6) is 2.73. The van der Waals surface area contributed by atoms with Crippen LogP contribution >= 0.6 is 0 Å². The first kappa shape index (κ1) is 30.9. The fourth-order valence-corrected chi connectivity index (χ4v) is 4.19. The van der Waals surface area contributed by atoms with Crippen molar-refractivity contribution in [2.45, 2.75) is 110 Å². The van der Waals surface area contributed by atoms with Crippen LogP contribution in [0.4, 0.5) is 0 Å². The number of unbranched alkanes of at least 4 members (excludes halogenated alkanes) is 15. The second kappa shape index (κ2) is 24.0. The fourth-order valence-electron chi connectivity index (χ4n) is 4.19. The fraction of sp³-hybridized carbons (Fsp3) is 0.920. The molecule has 0 rings (SSSR count). The molecule has 0 fully saturated rings. The van der Waals surface area contributed by atoms with Gasteiger partial charge in [0.15, 0.2) is 0 Å². The van der Waals surface area contributed by atoms with E-state index in [1.807, 2.05) is 0 Å². The van der Waals surface area contributed by atoms with Gasteiger partial charge in [-0.15, -0.1) is 6.42 Å². The normalized spacial score (nSPS) is 11.2. The molecule has 4 heteroatoms. The van der Waals surface area contributed by atoms with Crippen LogP contribution in [0.5, 0.6) is 0 Å². The van der Waals surface area contributed by atoms with Gasteiger partial charge >= 0.3 is 0 Å². The summed E-state index contributed by atoms with van der Waals surface area (Å²) < 4.78 is 0.669. The van der Waals surface area contributed by atoms with Gasteiger partial charge in [-0.1, -0.05) is 96.8 Å². The highest BCUT2D eigenvalue weighted by atomic mass is 35.5. The molecular formula is C25H50ClNO2. The first-order valence-corrected chi connectivity index (χ1v) is 12.2. The smallest absolute Gasteiger partial charge is 0.140 e. The van der Waals surface area contributed by atoms with Crippen LogP contribution in [0.25, 0.3) is 0 Å². The Labute approximate surface area is 188 Å². The van der Waals surface area contributed by atoms with Crippen molar-refractivity contribution >= 4 is 0 Å². The second-order valence-corrected chi connectivity index (χ2v) is 8.63. The highest BCUT2D eigenvalue weighted by Gasteiger charge is 2.24. The maximum absolute atomic E-state index is 9.32. The number of aliphatic hydroxyl groups excluding tert-OH is 2. The number of terminal acetylenes is 1. The molecule has 0 unspecified atom stereocenters. The minimum Gasteiger partial charge on any atom is -1.00 e. The number of rotatable bonds is 22. The lowest BCUT2D eigenvalue weighted by Gasteiger charge is -2.36. The van der Waals surface area contributed by atoms with Crippen LogP contribution in [0, 0.1) is 12.3 Å². The van der Waals surface area contributed by atoms with Gasteiger partial charge in [-0.25, -0.2) is 0 Å². The number of halogens is 1. The van der Waals surface area contributed by atoms with Gasteiger partial charge in [0.05, 0.1) is 19.8 Å². The number of hydrogen-bond acceptors (Lipinski definition) is 2. The molecule has 0 aromatic carbocycles. The maximum atomic E-state index is 9.32. The molecule has 0 aromatic heterocycles. The Kier molecular flexibility index (Phi) is 25.6. The van der Waals surface area contributed by atoms with Crippen LogP contribution in [0.3, 0.4) is 0 Å². The third-order valence-electron chi connectivity index (χ3n) is 6.06. The van der Waals surface area contributed by atoms with Crippen LogP contribution in [0.1, 0.15) is 110 Å². The van der Waals surface area contributed by atoms with E-state index < -0.39 is 0 Å². The van der Waals surface area contributed by atoms with Crippen molar-refractivity contribution < 1.29 is 27.1 Å². The van der Waals surface area contributed by atoms with Gasteiger partial charge in [-0.3, -0.25) is 0 Å². The summed E-state index contributed by atoms with van der Waals surface area (Å²) in [6, 6.07) is 0. The van der Waals surface area contributed by atoms with Gasteiger partial charge in [0, 0.05) is 0 Å². The number of aliphatic hydroxyl groups is 2. The van der Waals surface area contributed by atoms with E-state index in [0.29, 0.717) is 24.1 Å². The summed E-state index contributed by atoms with van der Waals surface area (Å²) in [5, 5.41) is 18.6. The molecule has 0 amide bonds. The minimum absolute atomic E-state index is 0. The molecule has 29 heavy (non-hydrogen) atoms. The first-order chi connectivity index (χ1) is 13.7. The van der Waals surface area contributed by atoms with Gasteiger partial charge in [0.25, 0.3) is 0 Å². The summed E-state index contributed by atoms with van der Waals surface area (Å²) in [6.45, 7) is 5.46. The molecular weight excluding hydrogens is 382 g/mol. The summed E-state index contributed by atoms with van der Waals surface area (Å²) in [4.78, 5) is 0. The van der Waals surface area contributed by atoms with Gasteiger partial charge in [-0.05, 0) is 18.8 Å². The molecule has 0 radical (unpaired) electrons. The van der Waals surface area contributed by atoms with E-state index in [1.54, 1.807) is 0 Å². The SMILES string of the molecule is C#CC[N+](CCO)(CCO)CCCCCCCCCCCCCCCCCC.[Cl-]. The lowest BCUT2D eigenvalue weighted by atomic mass is 10.0. The second-order valence-electron chi connectivity index (χ2n) is 8.63. The Balaban J connectivity index is 0. The molecule has 0 saturated carbocycles. The zero-order chi connectivity index (χ0) is 20.8. The van der Waals surface area contributed by atoms with Gasteiger partial charge in [-0.2, -0.15) is 0 Å². The Morgan fingerprint density at radius 3 is 1.24 bits per heavy atom. The zero-order valence-corrected chi connectivity index (χ0v) is 20.1. The van der Waals surface area contributed by atoms with Crippen LogP contribution < -0.4 is 12.4 Å². The molecule has 0 aliphatic heterocycles. The van der Waals surface area contributed by atoms with Crippen molar-refractivity contribution in [3.8, 4) is 12.3 Å². The lowest BCUT2D eigenvalue weighted by Crippen LogP contribution is -3.00. The molecule has 0 aromatic rings. The van der Waals surface area contributed by atoms with E-state index in [1.165, 1.54) is 96.3 Å². The van der Waals surface area contributed by atoms with Gasteiger partial charge in [0.1, 0.15) is 19.6 Å². The van der Waals surface area contributed by atoms with E-state index >= 15 is 0 Å². The van der Waals surface area contributed by atoms with E-state index in [0.717, 1.165) is 13.0 Å². The van der Waals surface area contributed by atoms with Crippen molar-refractivity contribution in [3.63, 3.8) is 0 Å². The van der Waals surface area contributed by atoms with Gasteiger partial charge in [0.2, 0.25) is 0 Å². The highest BCUT2D eigenvalue weighted by Crippen LogP contribution is 2.15. The molecule has 0 spiro atoms. The predicted molar refractivity (Wildman–Crippen MR) is 122 cm³/mol. The summed E-state index contributed by atoms with van der Waals surface area (Å²) in [6.07, 6.45) is 27.5. The van der Waals surface area contributed by atoms with E-state index in [4.69, 9.17) is 6.42 Å². The van der Waals surface area contributed by atoms with Crippen molar-refractivity contribution in [3.05, 3.63) is 0 Å². The standard InChI is InChI=1S/C25H50NO2.ClH/c1-3-5-6-7-8-9-10-11-12-13-14-15-16-17-18-19-21-26(20-4-2,22-24-27)23-25-28;/h2,27-28H,3,5-25H2,1H3;1H/q+1;/p-1. The number of nitrogens with zero attached hydrogens (tertiary/aromatic N) is 1. The average molecular weight is 432 g/mol. The molecule has 0 saturated heterocycles. The molecule has 0 aliphatic rings. The Hall–Kier alpha value is -0.270. The molecule has 0 heterocycles. The van der Waals surface area contributed by atoms with Crippen molar-refractivity contribution in [1.82, 2.24) is 0 Å². The third-order valence-corrected chi connectivity index (χ3v) is 6.06.